The summed E-state index contributed by atoms with van der Waals surface area (Å²) in [6.45, 7) is 0. The minimum Gasteiger partial charge on any atom is -0.300 e. The van der Waals surface area contributed by atoms with E-state index in [1.807, 2.05) is 25.5 Å². The predicted molar refractivity (Wildman–Crippen MR) is 54.3 cm³/mol. The van der Waals surface area contributed by atoms with Gasteiger partial charge in [-0.2, -0.15) is 0 Å². The Hall–Kier alpha value is -1.18. The Kier molecular flexibility index (Phi) is 2.39. The minimum absolute atomic E-state index is 0.454. The molecule has 0 N–H and O–H groups in total. The van der Waals surface area contributed by atoms with E-state index in [0.717, 1.165) is 0 Å². The van der Waals surface area contributed by atoms with Gasteiger partial charge in [-0.15, -0.1) is 0 Å². The monoisotopic (exact) mass is 174 g/mol. The Balaban J connectivity index is 2.36. The van der Waals surface area contributed by atoms with E-state index >= 15 is 0 Å². The van der Waals surface area contributed by atoms with Gasteiger partial charge in [0, 0.05) is 25.4 Å². The second-order valence-corrected chi connectivity index (χ2v) is 3.45. The molecule has 1 aliphatic rings. The fraction of sp³-hybridized carbons (Fsp3) is 0.455. The molecule has 0 spiro atoms. The summed E-state index contributed by atoms with van der Waals surface area (Å²) >= 11 is 0. The average Bonchev–Trinajstić information content (AvgIpc) is 2.19. The van der Waals surface area contributed by atoms with Gasteiger partial charge >= 0.3 is 0 Å². The Morgan fingerprint density at radius 2 is 2.54 bits per heavy atom. The van der Waals surface area contributed by atoms with Gasteiger partial charge in [-0.25, -0.2) is 0 Å². The maximum Gasteiger partial charge on any atom is 0.0519 e. The van der Waals surface area contributed by atoms with Crippen LogP contribution in [0.3, 0.4) is 0 Å². The van der Waals surface area contributed by atoms with E-state index < -0.39 is 0 Å². The topological polar surface area (TPSA) is 25.2 Å². The Morgan fingerprint density at radius 1 is 1.62 bits per heavy atom. The minimum atomic E-state index is 0.454. The van der Waals surface area contributed by atoms with E-state index in [4.69, 9.17) is 0 Å². The molecule has 13 heavy (non-hydrogen) atoms. The molecule has 2 nitrogen and oxygen atoms in total. The van der Waals surface area contributed by atoms with Crippen LogP contribution in [0, 0.1) is 0 Å². The van der Waals surface area contributed by atoms with Gasteiger partial charge in [-0.05, 0) is 30.9 Å². The summed E-state index contributed by atoms with van der Waals surface area (Å²) in [4.78, 5) is 8.52. The number of hydrogen-bond acceptors (Lipinski definition) is 2. The van der Waals surface area contributed by atoms with Crippen LogP contribution in [0.5, 0.6) is 0 Å². The number of fused-ring (bicyclic) bond motifs is 1. The summed E-state index contributed by atoms with van der Waals surface area (Å²) in [5.41, 5.74) is 2.64. The zero-order valence-electron chi connectivity index (χ0n) is 7.90. The zero-order chi connectivity index (χ0) is 9.10. The van der Waals surface area contributed by atoms with E-state index in [1.165, 1.54) is 30.5 Å². The molecule has 1 atom stereocenters. The van der Waals surface area contributed by atoms with Crippen molar-refractivity contribution in [3.63, 3.8) is 0 Å². The first kappa shape index (κ1) is 8.42. The highest BCUT2D eigenvalue weighted by Gasteiger charge is 2.18. The number of nitrogens with zero attached hydrogens (tertiary/aromatic N) is 2. The van der Waals surface area contributed by atoms with Crippen molar-refractivity contribution in [3.05, 3.63) is 29.6 Å². The zero-order valence-corrected chi connectivity index (χ0v) is 7.90. The molecule has 1 unspecified atom stereocenters. The third kappa shape index (κ3) is 1.62. The van der Waals surface area contributed by atoms with Crippen molar-refractivity contribution < 1.29 is 0 Å². The summed E-state index contributed by atoms with van der Waals surface area (Å²) in [7, 11) is 1.83. The van der Waals surface area contributed by atoms with Crippen LogP contribution < -0.4 is 0 Å². The molecule has 0 fully saturated rings. The number of aryl methyl sites for hydroxylation is 1. The molecule has 68 valence electrons. The van der Waals surface area contributed by atoms with Crippen LogP contribution in [0.15, 0.2) is 23.3 Å². The summed E-state index contributed by atoms with van der Waals surface area (Å²) in [6, 6.07) is 4.20. The van der Waals surface area contributed by atoms with Crippen molar-refractivity contribution >= 4 is 6.21 Å². The molecule has 0 aliphatic heterocycles. The fourth-order valence-corrected chi connectivity index (χ4v) is 1.97. The van der Waals surface area contributed by atoms with E-state index in [2.05, 4.69) is 16.0 Å². The quantitative estimate of drug-likeness (QED) is 0.599. The van der Waals surface area contributed by atoms with Gasteiger partial charge in [0.1, 0.15) is 0 Å². The van der Waals surface area contributed by atoms with Gasteiger partial charge in [0.05, 0.1) is 5.69 Å². The lowest BCUT2D eigenvalue weighted by Gasteiger charge is -2.20. The summed E-state index contributed by atoms with van der Waals surface area (Å²) in [5.74, 6) is 0.454. The first-order valence-electron chi connectivity index (χ1n) is 4.78. The molecule has 0 bridgehead atoms. The molecule has 1 aliphatic carbocycles. The Labute approximate surface area is 78.7 Å². The first-order valence-corrected chi connectivity index (χ1v) is 4.78. The number of rotatable bonds is 1. The summed E-state index contributed by atoms with van der Waals surface area (Å²) in [6.07, 6.45) is 7.53. The van der Waals surface area contributed by atoms with Crippen LogP contribution in [-0.4, -0.2) is 18.2 Å². The van der Waals surface area contributed by atoms with Crippen molar-refractivity contribution in [2.24, 2.45) is 4.99 Å². The lowest BCUT2D eigenvalue weighted by Crippen LogP contribution is -2.12. The van der Waals surface area contributed by atoms with Crippen LogP contribution in [0.4, 0.5) is 0 Å². The molecular formula is C11H14N2. The third-order valence-electron chi connectivity index (χ3n) is 2.57. The van der Waals surface area contributed by atoms with Crippen molar-refractivity contribution in [2.75, 3.05) is 7.05 Å². The number of aromatic nitrogens is 1. The van der Waals surface area contributed by atoms with E-state index in [-0.39, 0.29) is 0 Å². The first-order chi connectivity index (χ1) is 6.42. The highest BCUT2D eigenvalue weighted by atomic mass is 14.7. The normalized spacial score (nSPS) is 21.8. The third-order valence-corrected chi connectivity index (χ3v) is 2.57. The maximum absolute atomic E-state index is 4.43. The molecule has 0 saturated carbocycles. The second-order valence-electron chi connectivity index (χ2n) is 3.45. The van der Waals surface area contributed by atoms with Crippen LogP contribution in [0.2, 0.25) is 0 Å². The Bertz CT molecular complexity index is 318. The average molecular weight is 174 g/mol. The lowest BCUT2D eigenvalue weighted by molar-refractivity contribution is 0.638. The fourth-order valence-electron chi connectivity index (χ4n) is 1.97. The molecule has 1 aromatic heterocycles. The Morgan fingerprint density at radius 3 is 3.38 bits per heavy atom. The SMILES string of the molecule is CN=CC1CCCc2cccnc21. The summed E-state index contributed by atoms with van der Waals surface area (Å²) < 4.78 is 0. The van der Waals surface area contributed by atoms with Gasteiger partial charge < -0.3 is 4.99 Å². The van der Waals surface area contributed by atoms with Gasteiger partial charge in [0.15, 0.2) is 0 Å². The van der Waals surface area contributed by atoms with Gasteiger partial charge in [-0.3, -0.25) is 4.98 Å². The van der Waals surface area contributed by atoms with Crippen molar-refractivity contribution in [2.45, 2.75) is 25.2 Å². The van der Waals surface area contributed by atoms with Crippen LogP contribution in [0.1, 0.15) is 30.0 Å². The molecule has 0 radical (unpaired) electrons. The van der Waals surface area contributed by atoms with Crippen molar-refractivity contribution in [3.8, 4) is 0 Å². The maximum atomic E-state index is 4.43. The van der Waals surface area contributed by atoms with E-state index in [1.54, 1.807) is 0 Å². The predicted octanol–water partition coefficient (Wildman–Crippen LogP) is 2.20. The molecule has 2 rings (SSSR count). The number of hydrogen-bond donors (Lipinski definition) is 0. The largest absolute Gasteiger partial charge is 0.300 e. The number of aliphatic imine (C=N–C) groups is 1. The van der Waals surface area contributed by atoms with Gasteiger partial charge in [0.25, 0.3) is 0 Å². The van der Waals surface area contributed by atoms with Crippen LogP contribution in [-0.2, 0) is 6.42 Å². The molecule has 1 aromatic rings. The molecule has 0 aromatic carbocycles. The van der Waals surface area contributed by atoms with Crippen LogP contribution in [0.25, 0.3) is 0 Å². The van der Waals surface area contributed by atoms with E-state index in [0.29, 0.717) is 5.92 Å². The highest BCUT2D eigenvalue weighted by Crippen LogP contribution is 2.27. The molecule has 0 amide bonds. The molecular weight excluding hydrogens is 160 g/mol. The standard InChI is InChI=1S/C11H14N2/c1-12-8-10-5-2-4-9-6-3-7-13-11(9)10/h3,6-8,10H,2,4-5H2,1H3. The summed E-state index contributed by atoms with van der Waals surface area (Å²) in [5, 5.41) is 0. The smallest absolute Gasteiger partial charge is 0.0519 e. The number of pyridine rings is 1. The second kappa shape index (κ2) is 3.69. The van der Waals surface area contributed by atoms with Gasteiger partial charge in [0.2, 0.25) is 0 Å². The highest BCUT2D eigenvalue weighted by molar-refractivity contribution is 5.68. The van der Waals surface area contributed by atoms with Crippen LogP contribution >= 0.6 is 0 Å². The molecule has 1 heterocycles. The van der Waals surface area contributed by atoms with Crippen molar-refractivity contribution in [1.29, 1.82) is 0 Å². The van der Waals surface area contributed by atoms with Gasteiger partial charge in [-0.1, -0.05) is 6.07 Å². The van der Waals surface area contributed by atoms with Crippen molar-refractivity contribution in [1.82, 2.24) is 4.98 Å². The molecule has 0 saturated heterocycles. The lowest BCUT2D eigenvalue weighted by atomic mass is 9.87. The molecule has 2 heteroatoms. The van der Waals surface area contributed by atoms with E-state index in [9.17, 15) is 0 Å².